The molecule has 38 heavy (non-hydrogen) atoms. The summed E-state index contributed by atoms with van der Waals surface area (Å²) in [4.78, 5) is 11.9. The molecule has 1 aromatic carbocycles. The molecule has 2 aliphatic rings. The van der Waals surface area contributed by atoms with Crippen LogP contribution in [0.4, 0.5) is 22.0 Å². The van der Waals surface area contributed by atoms with E-state index in [0.29, 0.717) is 0 Å². The smallest absolute Gasteiger partial charge is 0.390 e. The Morgan fingerprint density at radius 3 is 2.37 bits per heavy atom. The highest BCUT2D eigenvalue weighted by molar-refractivity contribution is 5.73. The summed E-state index contributed by atoms with van der Waals surface area (Å²) >= 11 is 0. The van der Waals surface area contributed by atoms with Crippen molar-refractivity contribution in [3.8, 4) is 0 Å². The predicted molar refractivity (Wildman–Crippen MR) is 138 cm³/mol. The molecule has 0 heterocycles. The fourth-order valence-electron chi connectivity index (χ4n) is 5.57. The van der Waals surface area contributed by atoms with E-state index in [0.717, 1.165) is 17.2 Å². The van der Waals surface area contributed by atoms with Crippen LogP contribution >= 0.6 is 0 Å². The molecule has 9 heteroatoms. The Morgan fingerprint density at radius 2 is 1.82 bits per heavy atom. The zero-order valence-electron chi connectivity index (χ0n) is 22.5. The minimum absolute atomic E-state index is 0.0153. The Hall–Kier alpha value is -2.26. The number of allylic oxidation sites excluding steroid dienone is 4. The summed E-state index contributed by atoms with van der Waals surface area (Å²) in [6, 6.07) is 7.01. The minimum atomic E-state index is -4.26. The third-order valence-corrected chi connectivity index (χ3v) is 7.79. The molecule has 1 amide bonds. The Kier molecular flexibility index (Phi) is 9.45. The van der Waals surface area contributed by atoms with Gasteiger partial charge in [-0.2, -0.15) is 13.2 Å². The van der Waals surface area contributed by atoms with Crippen LogP contribution in [0.15, 0.2) is 48.1 Å². The molecule has 0 bridgehead atoms. The van der Waals surface area contributed by atoms with E-state index in [9.17, 15) is 31.9 Å². The zero-order chi connectivity index (χ0) is 28.3. The molecule has 1 fully saturated rings. The first kappa shape index (κ1) is 30.3. The standard InChI is InChI=1S/C29H39F5N2O2/c1-18(37)36-25(14-19-12-23(30)16-24(31)13-19)26(38)17-35-28(10-8-20(9-11-28)29(32,33)34)22-7-5-6-21(15-22)27(2,3)4/h5-7,12,15-16,19-20,25-26,35,38H,8-11,13-14,17H2,1-4H3,(H,36,37). The van der Waals surface area contributed by atoms with Crippen molar-refractivity contribution in [2.24, 2.45) is 11.8 Å². The molecule has 2 aliphatic carbocycles. The lowest BCUT2D eigenvalue weighted by molar-refractivity contribution is -0.185. The molecule has 0 aromatic heterocycles. The molecule has 0 radical (unpaired) electrons. The van der Waals surface area contributed by atoms with Gasteiger partial charge in [0.05, 0.1) is 18.1 Å². The minimum Gasteiger partial charge on any atom is -0.390 e. The summed E-state index contributed by atoms with van der Waals surface area (Å²) in [5, 5.41) is 17.1. The van der Waals surface area contributed by atoms with Crippen molar-refractivity contribution in [1.29, 1.82) is 0 Å². The second-order valence-electron chi connectivity index (χ2n) is 11.8. The summed E-state index contributed by atoms with van der Waals surface area (Å²) in [5.41, 5.74) is 0.949. The molecule has 3 rings (SSSR count). The lowest BCUT2D eigenvalue weighted by atomic mass is 9.71. The topological polar surface area (TPSA) is 61.4 Å². The molecule has 4 nitrogen and oxygen atoms in total. The van der Waals surface area contributed by atoms with Crippen LogP contribution in [0.25, 0.3) is 0 Å². The average Bonchev–Trinajstić information content (AvgIpc) is 2.80. The van der Waals surface area contributed by atoms with Gasteiger partial charge in [-0.1, -0.05) is 45.0 Å². The van der Waals surface area contributed by atoms with E-state index in [2.05, 4.69) is 31.4 Å². The van der Waals surface area contributed by atoms with Crippen molar-refractivity contribution in [2.45, 2.75) is 95.5 Å². The van der Waals surface area contributed by atoms with Crippen LogP contribution in [0.3, 0.4) is 0 Å². The van der Waals surface area contributed by atoms with Gasteiger partial charge in [0, 0.05) is 31.5 Å². The molecule has 0 aliphatic heterocycles. The second-order valence-corrected chi connectivity index (χ2v) is 11.8. The number of hydrogen-bond donors (Lipinski definition) is 3. The van der Waals surface area contributed by atoms with Gasteiger partial charge in [0.25, 0.3) is 0 Å². The highest BCUT2D eigenvalue weighted by atomic mass is 19.4. The van der Waals surface area contributed by atoms with E-state index in [1.807, 2.05) is 24.3 Å². The van der Waals surface area contributed by atoms with Gasteiger partial charge in [0.1, 0.15) is 11.7 Å². The SMILES string of the molecule is CC(=O)NC(CC1C=C(F)C=C(F)C1)C(O)CNC1(c2cccc(C(C)(C)C)c2)CCC(C(F)(F)F)CC1. The molecule has 1 aromatic rings. The number of carbonyl (C=O) groups excluding carboxylic acids is 1. The number of benzene rings is 1. The Balaban J connectivity index is 1.82. The summed E-state index contributed by atoms with van der Waals surface area (Å²) in [6.45, 7) is 7.47. The van der Waals surface area contributed by atoms with Crippen molar-refractivity contribution in [3.05, 3.63) is 59.2 Å². The number of aliphatic hydroxyl groups excluding tert-OH is 1. The van der Waals surface area contributed by atoms with Crippen LogP contribution in [-0.2, 0) is 15.7 Å². The molecule has 212 valence electrons. The molecular formula is C29H39F5N2O2. The molecule has 3 N–H and O–H groups in total. The molecular weight excluding hydrogens is 503 g/mol. The van der Waals surface area contributed by atoms with E-state index >= 15 is 0 Å². The molecule has 3 unspecified atom stereocenters. The Bertz CT molecular complexity index is 1040. The first-order chi connectivity index (χ1) is 17.6. The predicted octanol–water partition coefficient (Wildman–Crippen LogP) is 6.50. The number of rotatable bonds is 8. The van der Waals surface area contributed by atoms with E-state index < -0.39 is 53.3 Å². The van der Waals surface area contributed by atoms with Gasteiger partial charge in [-0.05, 0) is 60.6 Å². The normalized spacial score (nSPS) is 26.3. The summed E-state index contributed by atoms with van der Waals surface area (Å²) < 4.78 is 68.0. The van der Waals surface area contributed by atoms with Crippen LogP contribution in [-0.4, -0.2) is 35.9 Å². The summed E-state index contributed by atoms with van der Waals surface area (Å²) in [6.07, 6.45) is -2.85. The molecule has 3 atom stereocenters. The lowest BCUT2D eigenvalue weighted by Gasteiger charge is -2.43. The van der Waals surface area contributed by atoms with E-state index in [4.69, 9.17) is 0 Å². The zero-order valence-corrected chi connectivity index (χ0v) is 22.5. The van der Waals surface area contributed by atoms with Gasteiger partial charge in [0.15, 0.2) is 0 Å². The number of nitrogens with one attached hydrogen (secondary N) is 2. The number of aliphatic hydroxyl groups is 1. The van der Waals surface area contributed by atoms with E-state index in [1.165, 1.54) is 13.0 Å². The van der Waals surface area contributed by atoms with Crippen LogP contribution in [0, 0.1) is 11.8 Å². The number of carbonyl (C=O) groups is 1. The molecule has 0 saturated heterocycles. The number of halogens is 5. The third kappa shape index (κ3) is 7.88. The van der Waals surface area contributed by atoms with Crippen molar-refractivity contribution >= 4 is 5.91 Å². The van der Waals surface area contributed by atoms with Crippen molar-refractivity contribution in [1.82, 2.24) is 10.6 Å². The maximum absolute atomic E-state index is 13.8. The summed E-state index contributed by atoms with van der Waals surface area (Å²) in [5.74, 6) is -3.64. The largest absolute Gasteiger partial charge is 0.391 e. The van der Waals surface area contributed by atoms with Gasteiger partial charge in [-0.3, -0.25) is 4.79 Å². The quantitative estimate of drug-likeness (QED) is 0.329. The second kappa shape index (κ2) is 11.9. The maximum atomic E-state index is 13.8. The van der Waals surface area contributed by atoms with Crippen LogP contribution in [0.5, 0.6) is 0 Å². The third-order valence-electron chi connectivity index (χ3n) is 7.79. The highest BCUT2D eigenvalue weighted by Gasteiger charge is 2.46. The highest BCUT2D eigenvalue weighted by Crippen LogP contribution is 2.46. The van der Waals surface area contributed by atoms with Gasteiger partial charge in [-0.15, -0.1) is 0 Å². The van der Waals surface area contributed by atoms with Gasteiger partial charge >= 0.3 is 6.18 Å². The maximum Gasteiger partial charge on any atom is 0.391 e. The average molecular weight is 543 g/mol. The fraction of sp³-hybridized carbons (Fsp3) is 0.621. The monoisotopic (exact) mass is 542 g/mol. The Morgan fingerprint density at radius 1 is 1.16 bits per heavy atom. The van der Waals surface area contributed by atoms with Crippen LogP contribution in [0.2, 0.25) is 0 Å². The number of amides is 1. The van der Waals surface area contributed by atoms with E-state index in [-0.39, 0.29) is 50.5 Å². The van der Waals surface area contributed by atoms with Crippen LogP contribution in [0.1, 0.15) is 77.3 Å². The lowest BCUT2D eigenvalue weighted by Crippen LogP contribution is -2.53. The van der Waals surface area contributed by atoms with Crippen molar-refractivity contribution < 1.29 is 31.9 Å². The van der Waals surface area contributed by atoms with Crippen molar-refractivity contribution in [2.75, 3.05) is 6.54 Å². The van der Waals surface area contributed by atoms with Crippen molar-refractivity contribution in [3.63, 3.8) is 0 Å². The number of hydrogen-bond acceptors (Lipinski definition) is 3. The Labute approximate surface area is 221 Å². The molecule has 0 spiro atoms. The van der Waals surface area contributed by atoms with Crippen LogP contribution < -0.4 is 10.6 Å². The fourth-order valence-corrected chi connectivity index (χ4v) is 5.57. The first-order valence-electron chi connectivity index (χ1n) is 13.2. The first-order valence-corrected chi connectivity index (χ1v) is 13.2. The summed E-state index contributed by atoms with van der Waals surface area (Å²) in [7, 11) is 0. The molecule has 1 saturated carbocycles. The van der Waals surface area contributed by atoms with Gasteiger partial charge in [-0.25, -0.2) is 8.78 Å². The van der Waals surface area contributed by atoms with Gasteiger partial charge in [0.2, 0.25) is 5.91 Å². The van der Waals surface area contributed by atoms with E-state index in [1.54, 1.807) is 0 Å². The number of alkyl halides is 3. The van der Waals surface area contributed by atoms with Gasteiger partial charge < -0.3 is 15.7 Å².